The number of benzene rings is 2. The van der Waals surface area contributed by atoms with Gasteiger partial charge in [0, 0.05) is 34.8 Å². The average Bonchev–Trinajstić information content (AvgIpc) is 3.28. The number of H-pyrrole nitrogens is 1. The summed E-state index contributed by atoms with van der Waals surface area (Å²) in [5, 5.41) is 1.82. The van der Waals surface area contributed by atoms with Crippen LogP contribution in [0.5, 0.6) is 0 Å². The number of aromatic nitrogens is 4. The second-order valence-electron chi connectivity index (χ2n) is 7.29. The normalized spacial score (nSPS) is 11.2. The topological polar surface area (TPSA) is 80.5 Å². The molecule has 0 aliphatic carbocycles. The zero-order valence-corrected chi connectivity index (χ0v) is 18.2. The Hall–Kier alpha value is -3.55. The van der Waals surface area contributed by atoms with Crippen LogP contribution < -0.4 is 5.73 Å². The second kappa shape index (κ2) is 8.53. The fourth-order valence-corrected chi connectivity index (χ4v) is 4.13. The van der Waals surface area contributed by atoms with E-state index in [9.17, 15) is 4.39 Å². The molecule has 3 N–H and O–H groups in total. The molecule has 0 bridgehead atoms. The number of imidazole rings is 1. The number of hydrogen-bond donors (Lipinski definition) is 2. The van der Waals surface area contributed by atoms with E-state index < -0.39 is 0 Å². The van der Waals surface area contributed by atoms with Crippen molar-refractivity contribution in [3.05, 3.63) is 84.4 Å². The van der Waals surface area contributed by atoms with Gasteiger partial charge >= 0.3 is 0 Å². The van der Waals surface area contributed by atoms with Crippen molar-refractivity contribution in [1.29, 1.82) is 0 Å². The minimum Gasteiger partial charge on any atom is -0.332 e. The third-order valence-corrected chi connectivity index (χ3v) is 5.89. The summed E-state index contributed by atoms with van der Waals surface area (Å²) in [6.45, 7) is 0.311. The number of pyridine rings is 2. The Kier molecular flexibility index (Phi) is 5.43. The number of para-hydroxylation sites is 1. The number of nitrogens with one attached hydrogen (secondary N) is 1. The molecule has 0 aliphatic heterocycles. The summed E-state index contributed by atoms with van der Waals surface area (Å²) in [6, 6.07) is 20.4. The van der Waals surface area contributed by atoms with Crippen LogP contribution in [0.3, 0.4) is 0 Å². The summed E-state index contributed by atoms with van der Waals surface area (Å²) in [6.07, 6.45) is 3.73. The number of fused-ring (bicyclic) bond motifs is 1. The molecule has 0 saturated carbocycles. The second-order valence-corrected chi connectivity index (χ2v) is 8.08. The summed E-state index contributed by atoms with van der Waals surface area (Å²) < 4.78 is 13.5. The van der Waals surface area contributed by atoms with Gasteiger partial charge in [0.1, 0.15) is 5.82 Å². The van der Waals surface area contributed by atoms with Gasteiger partial charge in [-0.3, -0.25) is 9.97 Å². The maximum absolute atomic E-state index is 13.5. The van der Waals surface area contributed by atoms with Gasteiger partial charge in [-0.05, 0) is 54.8 Å². The predicted octanol–water partition coefficient (Wildman–Crippen LogP) is 5.67. The van der Waals surface area contributed by atoms with Gasteiger partial charge in [0.15, 0.2) is 5.16 Å². The zero-order valence-electron chi connectivity index (χ0n) is 17.3. The smallest absolute Gasteiger partial charge is 0.166 e. The lowest BCUT2D eigenvalue weighted by molar-refractivity contribution is 0.628. The van der Waals surface area contributed by atoms with Gasteiger partial charge < -0.3 is 10.7 Å². The largest absolute Gasteiger partial charge is 0.332 e. The van der Waals surface area contributed by atoms with Crippen molar-refractivity contribution in [2.45, 2.75) is 11.7 Å². The van der Waals surface area contributed by atoms with Crippen LogP contribution in [0.15, 0.2) is 78.1 Å². The van der Waals surface area contributed by atoms with E-state index in [0.29, 0.717) is 6.54 Å². The molecule has 3 heterocycles. The van der Waals surface area contributed by atoms with Gasteiger partial charge in [-0.25, -0.2) is 9.37 Å². The Balaban J connectivity index is 1.65. The van der Waals surface area contributed by atoms with Gasteiger partial charge in [-0.2, -0.15) is 0 Å². The molecule has 0 aliphatic rings. The molecule has 0 saturated heterocycles. The lowest BCUT2D eigenvalue weighted by atomic mass is 10.0. The molecule has 5 nitrogen and oxygen atoms in total. The van der Waals surface area contributed by atoms with Gasteiger partial charge in [0.05, 0.1) is 28.3 Å². The number of rotatable bonds is 5. The van der Waals surface area contributed by atoms with Crippen molar-refractivity contribution < 1.29 is 4.39 Å². The first kappa shape index (κ1) is 20.4. The molecular formula is C25H20FN5S. The van der Waals surface area contributed by atoms with Crippen molar-refractivity contribution in [1.82, 2.24) is 19.9 Å². The number of aromatic amines is 1. The lowest BCUT2D eigenvalue weighted by Gasteiger charge is -2.10. The van der Waals surface area contributed by atoms with E-state index in [0.717, 1.165) is 55.5 Å². The lowest BCUT2D eigenvalue weighted by Crippen LogP contribution is -2.03. The van der Waals surface area contributed by atoms with Crippen molar-refractivity contribution in [3.8, 4) is 33.8 Å². The quantitative estimate of drug-likeness (QED) is 0.343. The molecule has 5 aromatic rings. The highest BCUT2D eigenvalue weighted by molar-refractivity contribution is 7.98. The van der Waals surface area contributed by atoms with E-state index in [-0.39, 0.29) is 5.82 Å². The third kappa shape index (κ3) is 3.77. The first-order chi connectivity index (χ1) is 15.7. The summed E-state index contributed by atoms with van der Waals surface area (Å²) in [5.74, 6) is -0.274. The summed E-state index contributed by atoms with van der Waals surface area (Å²) in [4.78, 5) is 17.5. The van der Waals surface area contributed by atoms with Crippen LogP contribution in [0.2, 0.25) is 0 Å². The maximum atomic E-state index is 13.5. The molecule has 0 fully saturated rings. The Bertz CT molecular complexity index is 1410. The Labute approximate surface area is 189 Å². The standard InChI is InChI=1S/C25H20FN5S/c1-32-25-30-23(15-6-8-18(26)9-7-15)24(31-25)17-10-11-28-21(13-17)19-12-16-4-2-3-5-20(16)29-22(19)14-27/h2-13H,14,27H2,1H3,(H,30,31). The molecule has 0 radical (unpaired) electrons. The van der Waals surface area contributed by atoms with Crippen molar-refractivity contribution in [2.24, 2.45) is 5.73 Å². The number of halogens is 1. The molecule has 3 aromatic heterocycles. The van der Waals surface area contributed by atoms with Crippen LogP contribution >= 0.6 is 11.8 Å². The molecule has 0 atom stereocenters. The minimum atomic E-state index is -0.274. The van der Waals surface area contributed by atoms with Crippen LogP contribution in [0.4, 0.5) is 4.39 Å². The van der Waals surface area contributed by atoms with Gasteiger partial charge in [-0.1, -0.05) is 30.0 Å². The molecular weight excluding hydrogens is 421 g/mol. The van der Waals surface area contributed by atoms with Crippen molar-refractivity contribution in [2.75, 3.05) is 6.26 Å². The van der Waals surface area contributed by atoms with Gasteiger partial charge in [-0.15, -0.1) is 0 Å². The fraction of sp³-hybridized carbons (Fsp3) is 0.0800. The highest BCUT2D eigenvalue weighted by Gasteiger charge is 2.16. The number of thioether (sulfide) groups is 1. The van der Waals surface area contributed by atoms with E-state index in [1.807, 2.05) is 42.7 Å². The molecule has 2 aromatic carbocycles. The first-order valence-electron chi connectivity index (χ1n) is 10.1. The summed E-state index contributed by atoms with van der Waals surface area (Å²) in [7, 11) is 0. The predicted molar refractivity (Wildman–Crippen MR) is 128 cm³/mol. The Morgan fingerprint density at radius 1 is 0.969 bits per heavy atom. The molecule has 7 heteroatoms. The Morgan fingerprint density at radius 3 is 2.56 bits per heavy atom. The van der Waals surface area contributed by atoms with Gasteiger partial charge in [0.2, 0.25) is 0 Å². The first-order valence-corrected chi connectivity index (χ1v) is 11.3. The van der Waals surface area contributed by atoms with E-state index in [4.69, 9.17) is 15.7 Å². The van der Waals surface area contributed by atoms with E-state index in [2.05, 4.69) is 16.0 Å². The fourth-order valence-electron chi connectivity index (χ4n) is 3.74. The molecule has 0 spiro atoms. The minimum absolute atomic E-state index is 0.274. The van der Waals surface area contributed by atoms with Crippen molar-refractivity contribution in [3.63, 3.8) is 0 Å². The molecule has 32 heavy (non-hydrogen) atoms. The average molecular weight is 442 g/mol. The van der Waals surface area contributed by atoms with Crippen LogP contribution in [-0.4, -0.2) is 26.2 Å². The zero-order chi connectivity index (χ0) is 22.1. The van der Waals surface area contributed by atoms with E-state index in [1.54, 1.807) is 18.3 Å². The number of hydrogen-bond acceptors (Lipinski definition) is 5. The van der Waals surface area contributed by atoms with E-state index >= 15 is 0 Å². The van der Waals surface area contributed by atoms with Crippen LogP contribution in [0, 0.1) is 5.82 Å². The number of nitrogens with zero attached hydrogens (tertiary/aromatic N) is 3. The molecule has 5 rings (SSSR count). The molecule has 0 amide bonds. The SMILES string of the molecule is CSc1nc(-c2ccnc(-c3cc4ccccc4nc3CN)c2)c(-c2ccc(F)cc2)[nH]1. The molecule has 0 unspecified atom stereocenters. The highest BCUT2D eigenvalue weighted by atomic mass is 32.2. The monoisotopic (exact) mass is 441 g/mol. The molecule has 158 valence electrons. The van der Waals surface area contributed by atoms with Crippen LogP contribution in [0.1, 0.15) is 5.69 Å². The summed E-state index contributed by atoms with van der Waals surface area (Å²) in [5.41, 5.74) is 12.8. The summed E-state index contributed by atoms with van der Waals surface area (Å²) >= 11 is 1.52. The highest BCUT2D eigenvalue weighted by Crippen LogP contribution is 2.34. The van der Waals surface area contributed by atoms with Gasteiger partial charge in [0.25, 0.3) is 0 Å². The number of nitrogens with two attached hydrogens (primary N) is 1. The van der Waals surface area contributed by atoms with Crippen molar-refractivity contribution >= 4 is 22.7 Å². The Morgan fingerprint density at radius 2 is 1.78 bits per heavy atom. The van der Waals surface area contributed by atoms with Crippen LogP contribution in [-0.2, 0) is 6.54 Å². The maximum Gasteiger partial charge on any atom is 0.166 e. The van der Waals surface area contributed by atoms with Crippen LogP contribution in [0.25, 0.3) is 44.7 Å². The van der Waals surface area contributed by atoms with E-state index in [1.165, 1.54) is 23.9 Å². The third-order valence-electron chi connectivity index (χ3n) is 5.31.